The van der Waals surface area contributed by atoms with Gasteiger partial charge in [-0.15, -0.1) is 32.9 Å². The van der Waals surface area contributed by atoms with Crippen molar-refractivity contribution in [2.45, 2.75) is 169 Å². The predicted octanol–water partition coefficient (Wildman–Crippen LogP) is 6.54. The summed E-state index contributed by atoms with van der Waals surface area (Å²) in [5.41, 5.74) is -3.82. The monoisotopic (exact) mass is 1640 g/mol. The molecule has 0 atom stereocenters. The summed E-state index contributed by atoms with van der Waals surface area (Å²) in [7, 11) is -11.1. The van der Waals surface area contributed by atoms with Gasteiger partial charge in [-0.05, 0) is 151 Å². The van der Waals surface area contributed by atoms with Crippen LogP contribution >= 0.6 is 0 Å². The van der Waals surface area contributed by atoms with Crippen LogP contribution in [0.25, 0.3) is 86.2 Å². The second-order valence-corrected chi connectivity index (χ2v) is 50.8. The molecule has 0 fully saturated rings. The summed E-state index contributed by atoms with van der Waals surface area (Å²) in [4.78, 5) is 198. The van der Waals surface area contributed by atoms with Crippen LogP contribution in [0.4, 0.5) is 0 Å². The molecule has 8 aromatic heterocycles. The van der Waals surface area contributed by atoms with Crippen LogP contribution < -0.4 is 94.9 Å². The molecule has 594 valence electrons. The van der Waals surface area contributed by atoms with E-state index >= 15 is 0 Å². The average molecular weight is 1640 g/mol. The molecule has 35 heteroatoms. The average Bonchev–Trinajstić information content (AvgIpc) is 1.60. The van der Waals surface area contributed by atoms with Crippen LogP contribution in [0.3, 0.4) is 0 Å². The molecule has 0 bridgehead atoms. The lowest BCUT2D eigenvalue weighted by Gasteiger charge is -2.38. The first-order valence-electron chi connectivity index (χ1n) is 36.4. The summed E-state index contributed by atoms with van der Waals surface area (Å²) >= 11 is 0. The number of allylic oxidation sites excluding steroid dienone is 4. The van der Waals surface area contributed by atoms with Crippen molar-refractivity contribution in [2.75, 3.05) is 6.54 Å². The maximum atomic E-state index is 13.3. The second-order valence-electron chi connectivity index (χ2n) is 29.0. The summed E-state index contributed by atoms with van der Waals surface area (Å²) in [6.07, 6.45) is 8.41. The molecule has 12 aromatic rings. The highest BCUT2D eigenvalue weighted by Gasteiger charge is 2.40. The van der Waals surface area contributed by atoms with E-state index in [0.717, 1.165) is 39.5 Å². The maximum absolute atomic E-state index is 13.3. The Kier molecular flexibility index (Phi) is 28.7. The van der Waals surface area contributed by atoms with Gasteiger partial charge in [0.1, 0.15) is 0 Å². The SMILES string of the molecule is C=CCN.C=CCn1c(=O)c2cc3c(=O)n(CC=C)c(=O)c3cc2c1=O.C=CCn1c(=O)c2cc3c(=O)n(CCC[Si](C)(C)O[Si](C)(C)O[Si](C)(C)CCCn4c(=O)c5cc6c(=O)n(CC=C)c(=O)c6cc5c4=O)c(=O)c3cc2c1=O.CC.CC(C)[Si](C)(O[SiH](C)C)O[SiH](C)C.O=c1oc(=O)c2cc3c(=O)oc(=O)c3cc12. The van der Waals surface area contributed by atoms with E-state index in [4.69, 9.17) is 22.2 Å². The van der Waals surface area contributed by atoms with Crippen molar-refractivity contribution in [1.82, 2.24) is 27.4 Å². The quantitative estimate of drug-likeness (QED) is 0.0444. The van der Waals surface area contributed by atoms with Crippen LogP contribution in [0.2, 0.25) is 89.6 Å². The summed E-state index contributed by atoms with van der Waals surface area (Å²) in [5.74, 6) is 0. The zero-order chi connectivity index (χ0) is 83.9. The highest BCUT2D eigenvalue weighted by atomic mass is 28.5. The molecule has 0 amide bonds. The van der Waals surface area contributed by atoms with Crippen LogP contribution in [0, 0.1) is 0 Å². The molecule has 0 aliphatic rings. The molecule has 0 spiro atoms. The molecular formula is C77H95N7O22Si6. The highest BCUT2D eigenvalue weighted by Crippen LogP contribution is 2.28. The first-order chi connectivity index (χ1) is 52.5. The molecule has 2 N–H and O–H groups in total. The van der Waals surface area contributed by atoms with Gasteiger partial charge >= 0.3 is 39.6 Å². The number of benzene rings is 4. The Morgan fingerprint density at radius 2 is 0.545 bits per heavy atom. The first-order valence-corrected chi connectivity index (χ1v) is 53.4. The third-order valence-corrected chi connectivity index (χ3v) is 39.4. The minimum Gasteiger partial charge on any atom is -0.439 e. The normalized spacial score (nSPS) is 12.0. The number of rotatable bonds is 26. The molecule has 4 aromatic carbocycles. The van der Waals surface area contributed by atoms with E-state index in [9.17, 15) is 76.7 Å². The Morgan fingerprint density at radius 1 is 0.357 bits per heavy atom. The molecule has 8 heterocycles. The van der Waals surface area contributed by atoms with Gasteiger partial charge in [0, 0.05) is 45.8 Å². The van der Waals surface area contributed by atoms with E-state index < -0.39 is 141 Å². The third-order valence-electron chi connectivity index (χ3n) is 18.4. The van der Waals surface area contributed by atoms with Gasteiger partial charge in [0.2, 0.25) is 0 Å². The fraction of sp³-hybridized carbons (Fsp3) is 0.351. The zero-order valence-corrected chi connectivity index (χ0v) is 72.1. The van der Waals surface area contributed by atoms with Gasteiger partial charge < -0.3 is 31.0 Å². The van der Waals surface area contributed by atoms with Gasteiger partial charge in [-0.25, -0.2) is 19.2 Å². The lowest BCUT2D eigenvalue weighted by Crippen LogP contribution is -2.52. The summed E-state index contributed by atoms with van der Waals surface area (Å²) in [5, 5.41) is 1.39. The van der Waals surface area contributed by atoms with E-state index in [1.165, 1.54) is 60.7 Å². The number of nitrogens with two attached hydrogens (primary N) is 1. The molecule has 0 saturated heterocycles. The Bertz CT molecular complexity index is 5890. The lowest BCUT2D eigenvalue weighted by atomic mass is 10.1. The fourth-order valence-corrected chi connectivity index (χ4v) is 37.9. The van der Waals surface area contributed by atoms with Crippen LogP contribution in [0.15, 0.2) is 197 Å². The summed E-state index contributed by atoms with van der Waals surface area (Å²) in [6, 6.07) is 11.6. The van der Waals surface area contributed by atoms with Gasteiger partial charge in [-0.3, -0.25) is 84.9 Å². The number of hydrogen-bond donors (Lipinski definition) is 1. The van der Waals surface area contributed by atoms with Crippen LogP contribution in [0.1, 0.15) is 40.5 Å². The minimum absolute atomic E-state index is 0.0181. The lowest BCUT2D eigenvalue weighted by molar-refractivity contribution is 0.384. The van der Waals surface area contributed by atoms with Crippen LogP contribution in [0.5, 0.6) is 0 Å². The van der Waals surface area contributed by atoms with E-state index in [0.29, 0.717) is 37.0 Å². The van der Waals surface area contributed by atoms with Crippen molar-refractivity contribution in [3.8, 4) is 0 Å². The van der Waals surface area contributed by atoms with Gasteiger partial charge in [-0.2, -0.15) is 0 Å². The molecule has 0 aliphatic carbocycles. The van der Waals surface area contributed by atoms with Crippen LogP contribution in [-0.2, 0) is 55.7 Å². The van der Waals surface area contributed by atoms with E-state index in [-0.39, 0.29) is 125 Å². The van der Waals surface area contributed by atoms with Crippen molar-refractivity contribution < 1.29 is 25.3 Å². The van der Waals surface area contributed by atoms with Gasteiger partial charge in [0.05, 0.1) is 86.2 Å². The largest absolute Gasteiger partial charge is 0.439 e. The summed E-state index contributed by atoms with van der Waals surface area (Å²) in [6.45, 7) is 50.4. The Balaban J connectivity index is 0.000000246. The van der Waals surface area contributed by atoms with Gasteiger partial charge in [0.25, 0.3) is 66.7 Å². The van der Waals surface area contributed by atoms with E-state index in [2.05, 4.69) is 114 Å². The van der Waals surface area contributed by atoms with Gasteiger partial charge in [-0.1, -0.05) is 58.1 Å². The fourth-order valence-electron chi connectivity index (χ4n) is 13.5. The molecule has 0 unspecified atom stereocenters. The standard InChI is InChI=1S/C38H44N4O10Si3.C16H12N2O4.C10H2O6.C8H24O2Si3.C3H7N.C2H6/c1-9-13-39-31(43)23-19-27-28(20-24(23)32(39)44)36(48)41(35(27)47)15-11-17-53(3,4)51-55(7,8)52-54(5,6)18-12-16-42-37(49)29-21-25-26(22-30(29)38(42)50)34(46)40(14-10-2)33(25)45;1-3-5-17-13(19)9-7-11-12(8-10(9)14(17)20)16(22)18(6-4-2)15(11)21;11-7-3-1-4-6(10(14)16-8(4)12)2-5(3)9(13)15-7;1-8(2)13(7,9-11(3)4)10-12(5)6;1-2-3-4;1-2/h9-10,19-22H,1-2,11-18H2,3-8H3;3-4,7-8H,1-2,5-6H2;1-2H;8,11-12H,1-7H3;2H,1,3-4H2;1-2H3. The minimum atomic E-state index is -2.68. The number of aromatic nitrogens is 6. The summed E-state index contributed by atoms with van der Waals surface area (Å²) < 4.78 is 40.8. The van der Waals surface area contributed by atoms with Crippen LogP contribution in [-0.4, -0.2) is 85.8 Å². The highest BCUT2D eigenvalue weighted by molar-refractivity contribution is 6.88. The van der Waals surface area contributed by atoms with E-state index in [1.807, 2.05) is 26.9 Å². The van der Waals surface area contributed by atoms with Gasteiger partial charge in [0.15, 0.2) is 34.7 Å². The molecule has 0 radical (unpaired) electrons. The maximum Gasteiger partial charge on any atom is 0.346 e. The Labute approximate surface area is 646 Å². The zero-order valence-electron chi connectivity index (χ0n) is 65.8. The predicted molar refractivity (Wildman–Crippen MR) is 460 cm³/mol. The topological polar surface area (TPSA) is 392 Å². The number of hydrogen-bond acceptors (Lipinski definition) is 23. The number of fused-ring (bicyclic) bond motifs is 8. The molecule has 12 rings (SSSR count). The third kappa shape index (κ3) is 18.6. The Hall–Kier alpha value is -10.2. The van der Waals surface area contributed by atoms with Crippen molar-refractivity contribution in [3.05, 3.63) is 278 Å². The molecule has 0 saturated carbocycles. The molecule has 112 heavy (non-hydrogen) atoms. The number of furan rings is 2. The Morgan fingerprint density at radius 3 is 0.714 bits per heavy atom. The van der Waals surface area contributed by atoms with Crippen molar-refractivity contribution in [3.63, 3.8) is 0 Å². The molecular weight excluding hydrogens is 1540 g/mol. The van der Waals surface area contributed by atoms with E-state index in [1.54, 1.807) is 6.08 Å². The number of nitrogens with zero attached hydrogens (tertiary/aromatic N) is 6. The smallest absolute Gasteiger partial charge is 0.346 e. The second kappa shape index (κ2) is 36.1. The van der Waals surface area contributed by atoms with Crippen molar-refractivity contribution in [2.24, 2.45) is 5.73 Å². The first kappa shape index (κ1) is 89.0. The van der Waals surface area contributed by atoms with Crippen molar-refractivity contribution in [1.29, 1.82) is 0 Å². The molecule has 29 nitrogen and oxygen atoms in total. The van der Waals surface area contributed by atoms with Crippen molar-refractivity contribution >= 4 is 138 Å². The molecule has 0 aliphatic heterocycles.